The summed E-state index contributed by atoms with van der Waals surface area (Å²) < 4.78 is 25.0. The van der Waals surface area contributed by atoms with Crippen LogP contribution in [0.4, 0.5) is 8.78 Å². The number of hydrogen-bond acceptors (Lipinski definition) is 3. The number of hydrogen-bond donors (Lipinski definition) is 1. The Hall–Kier alpha value is -1.04. The number of carbonyl (C=O) groups is 1. The van der Waals surface area contributed by atoms with Gasteiger partial charge in [0, 0.05) is 12.3 Å². The smallest absolute Gasteiger partial charge is 0.365 e. The summed E-state index contributed by atoms with van der Waals surface area (Å²) in [6.07, 6.45) is 0. The van der Waals surface area contributed by atoms with E-state index in [1.54, 1.807) is 0 Å². The van der Waals surface area contributed by atoms with Crippen molar-refractivity contribution in [3.63, 3.8) is 0 Å². The zero-order chi connectivity index (χ0) is 9.35. The Balaban J connectivity index is 3.00. The summed E-state index contributed by atoms with van der Waals surface area (Å²) in [5.74, 6) is -4.35. The number of carboxylic acid groups (broad SMARTS) is 1. The summed E-state index contributed by atoms with van der Waals surface area (Å²) in [5.41, 5.74) is -0.495. The SMILES string of the molecule is CC(F)(F)c1csc(C(=O)O)n1. The van der Waals surface area contributed by atoms with E-state index in [1.807, 2.05) is 0 Å². The van der Waals surface area contributed by atoms with Crippen LogP contribution in [0.5, 0.6) is 0 Å². The Labute approximate surface area is 70.7 Å². The van der Waals surface area contributed by atoms with E-state index >= 15 is 0 Å². The van der Waals surface area contributed by atoms with Crippen molar-refractivity contribution in [2.24, 2.45) is 0 Å². The monoisotopic (exact) mass is 193 g/mol. The van der Waals surface area contributed by atoms with Crippen LogP contribution in [0.1, 0.15) is 22.4 Å². The van der Waals surface area contributed by atoms with Crippen molar-refractivity contribution in [1.29, 1.82) is 0 Å². The largest absolute Gasteiger partial charge is 0.476 e. The third-order valence-electron chi connectivity index (χ3n) is 1.14. The first-order valence-corrected chi connectivity index (χ1v) is 3.86. The van der Waals surface area contributed by atoms with Crippen molar-refractivity contribution in [2.75, 3.05) is 0 Å². The molecule has 0 amide bonds. The summed E-state index contributed by atoms with van der Waals surface area (Å²) in [6.45, 7) is 0.674. The number of alkyl halides is 2. The third-order valence-corrected chi connectivity index (χ3v) is 1.97. The maximum Gasteiger partial charge on any atom is 0.365 e. The predicted molar refractivity (Wildman–Crippen MR) is 38.6 cm³/mol. The molecule has 0 unspecified atom stereocenters. The Morgan fingerprint density at radius 3 is 2.58 bits per heavy atom. The fourth-order valence-electron chi connectivity index (χ4n) is 0.574. The van der Waals surface area contributed by atoms with Gasteiger partial charge in [-0.25, -0.2) is 9.78 Å². The van der Waals surface area contributed by atoms with E-state index in [4.69, 9.17) is 5.11 Å². The molecule has 1 rings (SSSR count). The van der Waals surface area contributed by atoms with Gasteiger partial charge >= 0.3 is 5.97 Å². The van der Waals surface area contributed by atoms with E-state index in [1.165, 1.54) is 0 Å². The van der Waals surface area contributed by atoms with E-state index in [0.29, 0.717) is 18.3 Å². The molecule has 0 spiro atoms. The molecule has 1 aromatic rings. The molecule has 0 aliphatic carbocycles. The molecule has 1 N–H and O–H groups in total. The third kappa shape index (κ3) is 1.76. The molecule has 0 fully saturated rings. The highest BCUT2D eigenvalue weighted by Gasteiger charge is 2.28. The second-order valence-electron chi connectivity index (χ2n) is 2.23. The van der Waals surface area contributed by atoms with Crippen LogP contribution in [0, 0.1) is 0 Å². The van der Waals surface area contributed by atoms with Gasteiger partial charge in [0.05, 0.1) is 0 Å². The number of nitrogens with zero attached hydrogens (tertiary/aromatic N) is 1. The van der Waals surface area contributed by atoms with Crippen molar-refractivity contribution in [3.05, 3.63) is 16.1 Å². The van der Waals surface area contributed by atoms with Gasteiger partial charge in [0.15, 0.2) is 0 Å². The minimum Gasteiger partial charge on any atom is -0.476 e. The first kappa shape index (κ1) is 9.05. The van der Waals surface area contributed by atoms with E-state index in [2.05, 4.69) is 4.98 Å². The van der Waals surface area contributed by atoms with E-state index < -0.39 is 17.6 Å². The Morgan fingerprint density at radius 1 is 1.75 bits per heavy atom. The first-order chi connectivity index (χ1) is 5.41. The van der Waals surface area contributed by atoms with Gasteiger partial charge in [0.2, 0.25) is 5.01 Å². The van der Waals surface area contributed by atoms with Crippen molar-refractivity contribution in [3.8, 4) is 0 Å². The maximum absolute atomic E-state index is 12.5. The predicted octanol–water partition coefficient (Wildman–Crippen LogP) is 1.95. The van der Waals surface area contributed by atoms with Crippen LogP contribution < -0.4 is 0 Å². The lowest BCUT2D eigenvalue weighted by atomic mass is 10.3. The fraction of sp³-hybridized carbons (Fsp3) is 0.333. The zero-order valence-corrected chi connectivity index (χ0v) is 6.86. The number of rotatable bonds is 2. The first-order valence-electron chi connectivity index (χ1n) is 2.98. The van der Waals surface area contributed by atoms with Gasteiger partial charge in [0.1, 0.15) is 5.69 Å². The van der Waals surface area contributed by atoms with Crippen LogP contribution in [0.25, 0.3) is 0 Å². The molecule has 3 nitrogen and oxygen atoms in total. The highest BCUT2D eigenvalue weighted by Crippen LogP contribution is 2.27. The number of halogens is 2. The van der Waals surface area contributed by atoms with Gasteiger partial charge in [-0.3, -0.25) is 0 Å². The van der Waals surface area contributed by atoms with Gasteiger partial charge in [-0.1, -0.05) is 0 Å². The zero-order valence-electron chi connectivity index (χ0n) is 6.04. The van der Waals surface area contributed by atoms with Crippen molar-refractivity contribution in [1.82, 2.24) is 4.98 Å². The summed E-state index contributed by atoms with van der Waals surface area (Å²) in [6, 6.07) is 0. The molecule has 66 valence electrons. The Bertz CT molecular complexity index is 305. The molecule has 1 heterocycles. The number of thiazole rings is 1. The molecule has 0 bridgehead atoms. The van der Waals surface area contributed by atoms with Crippen LogP contribution >= 0.6 is 11.3 Å². The van der Waals surface area contributed by atoms with Crippen molar-refractivity contribution < 1.29 is 18.7 Å². The average molecular weight is 193 g/mol. The highest BCUT2D eigenvalue weighted by atomic mass is 32.1. The standard InChI is InChI=1S/C6H5F2NO2S/c1-6(7,8)3-2-12-4(9-3)5(10)11/h2H,1H3,(H,10,11). The molecule has 12 heavy (non-hydrogen) atoms. The number of aromatic nitrogens is 1. The average Bonchev–Trinajstić information content (AvgIpc) is 2.30. The van der Waals surface area contributed by atoms with Crippen LogP contribution in [0.3, 0.4) is 0 Å². The molecular formula is C6H5F2NO2S. The van der Waals surface area contributed by atoms with Gasteiger partial charge in [-0.15, -0.1) is 11.3 Å². The van der Waals surface area contributed by atoms with Crippen molar-refractivity contribution in [2.45, 2.75) is 12.8 Å². The summed E-state index contributed by atoms with van der Waals surface area (Å²) in [5, 5.41) is 9.10. The quantitative estimate of drug-likeness (QED) is 0.780. The summed E-state index contributed by atoms with van der Waals surface area (Å²) >= 11 is 0.694. The van der Waals surface area contributed by atoms with Crippen LogP contribution in [-0.4, -0.2) is 16.1 Å². The lowest BCUT2D eigenvalue weighted by Gasteiger charge is -2.03. The van der Waals surface area contributed by atoms with E-state index in [0.717, 1.165) is 5.38 Å². The lowest BCUT2D eigenvalue weighted by Crippen LogP contribution is -2.08. The molecule has 0 atom stereocenters. The molecule has 0 aliphatic rings. The minimum atomic E-state index is -3.07. The normalized spacial score (nSPS) is 11.6. The Kier molecular flexibility index (Phi) is 2.10. The van der Waals surface area contributed by atoms with Gasteiger partial charge in [-0.2, -0.15) is 8.78 Å². The molecule has 0 radical (unpaired) electrons. The summed E-state index contributed by atoms with van der Waals surface area (Å²) in [4.78, 5) is 13.5. The van der Waals surface area contributed by atoms with Gasteiger partial charge in [-0.05, 0) is 0 Å². The molecule has 6 heteroatoms. The molecular weight excluding hydrogens is 188 g/mol. The second-order valence-corrected chi connectivity index (χ2v) is 3.09. The molecule has 1 aromatic heterocycles. The topological polar surface area (TPSA) is 50.2 Å². The molecule has 0 aromatic carbocycles. The summed E-state index contributed by atoms with van der Waals surface area (Å²) in [7, 11) is 0. The van der Waals surface area contributed by atoms with E-state index in [-0.39, 0.29) is 5.01 Å². The molecule has 0 saturated carbocycles. The van der Waals surface area contributed by atoms with Crippen molar-refractivity contribution >= 4 is 17.3 Å². The van der Waals surface area contributed by atoms with Crippen LogP contribution in [0.15, 0.2) is 5.38 Å². The maximum atomic E-state index is 12.5. The van der Waals surface area contributed by atoms with E-state index in [9.17, 15) is 13.6 Å². The molecule has 0 aliphatic heterocycles. The van der Waals surface area contributed by atoms with Crippen LogP contribution in [0.2, 0.25) is 0 Å². The highest BCUT2D eigenvalue weighted by molar-refractivity contribution is 7.11. The Morgan fingerprint density at radius 2 is 2.33 bits per heavy atom. The molecule has 0 saturated heterocycles. The fourth-order valence-corrected chi connectivity index (χ4v) is 1.31. The lowest BCUT2D eigenvalue weighted by molar-refractivity contribution is 0.0132. The number of carboxylic acids is 1. The van der Waals surface area contributed by atoms with Gasteiger partial charge in [0.25, 0.3) is 5.92 Å². The minimum absolute atomic E-state index is 0.313. The van der Waals surface area contributed by atoms with Crippen LogP contribution in [-0.2, 0) is 5.92 Å². The second kappa shape index (κ2) is 2.78. The number of aromatic carboxylic acids is 1. The van der Waals surface area contributed by atoms with Gasteiger partial charge < -0.3 is 5.11 Å².